The first kappa shape index (κ1) is 16.2. The van der Waals surface area contributed by atoms with Crippen molar-refractivity contribution in [3.05, 3.63) is 58.1 Å². The van der Waals surface area contributed by atoms with Crippen molar-refractivity contribution < 1.29 is 14.3 Å². The third kappa shape index (κ3) is 4.15. The molecule has 0 radical (unpaired) electrons. The van der Waals surface area contributed by atoms with E-state index in [1.54, 1.807) is 32.6 Å². The standard InChI is InChI=1S/C17H18ClNO3/c1-12-4-6-13(7-5-12)11-22-19-10-14-8-15(18)17(21-3)16(9-14)20-2/h4-10H,11H2,1-3H3/b19-10+. The van der Waals surface area contributed by atoms with E-state index in [0.717, 1.165) is 11.1 Å². The lowest BCUT2D eigenvalue weighted by molar-refractivity contribution is 0.132. The molecule has 5 heteroatoms. The Bertz CT molecular complexity index is 654. The maximum Gasteiger partial charge on any atom is 0.179 e. The molecule has 2 aromatic rings. The zero-order chi connectivity index (χ0) is 15.9. The normalized spacial score (nSPS) is 10.7. The molecular formula is C17H18ClNO3. The summed E-state index contributed by atoms with van der Waals surface area (Å²) >= 11 is 6.13. The van der Waals surface area contributed by atoms with E-state index in [1.165, 1.54) is 5.56 Å². The summed E-state index contributed by atoms with van der Waals surface area (Å²) in [5.74, 6) is 1.05. The predicted octanol–water partition coefficient (Wildman–Crippen LogP) is 4.22. The molecule has 0 atom stereocenters. The number of halogens is 1. The quantitative estimate of drug-likeness (QED) is 0.591. The predicted molar refractivity (Wildman–Crippen MR) is 88.1 cm³/mol. The number of hydrogen-bond acceptors (Lipinski definition) is 4. The van der Waals surface area contributed by atoms with Gasteiger partial charge in [-0.2, -0.15) is 0 Å². The molecule has 0 N–H and O–H groups in total. The molecule has 2 aromatic carbocycles. The summed E-state index contributed by atoms with van der Waals surface area (Å²) in [4.78, 5) is 5.29. The van der Waals surface area contributed by atoms with Crippen molar-refractivity contribution in [1.82, 2.24) is 0 Å². The fourth-order valence-electron chi connectivity index (χ4n) is 1.91. The number of hydrogen-bond donors (Lipinski definition) is 0. The number of nitrogens with zero attached hydrogens (tertiary/aromatic N) is 1. The number of benzene rings is 2. The van der Waals surface area contributed by atoms with Crippen molar-refractivity contribution in [3.8, 4) is 11.5 Å². The van der Waals surface area contributed by atoms with E-state index >= 15 is 0 Å². The van der Waals surface area contributed by atoms with Crippen molar-refractivity contribution in [1.29, 1.82) is 0 Å². The molecular weight excluding hydrogens is 302 g/mol. The molecule has 0 bridgehead atoms. The second-order valence-corrected chi connectivity index (χ2v) is 5.14. The van der Waals surface area contributed by atoms with Crippen LogP contribution >= 0.6 is 11.6 Å². The molecule has 0 fully saturated rings. The summed E-state index contributed by atoms with van der Waals surface area (Å²) < 4.78 is 10.4. The Kier molecular flexibility index (Phi) is 5.67. The lowest BCUT2D eigenvalue weighted by Gasteiger charge is -2.09. The molecule has 4 nitrogen and oxygen atoms in total. The topological polar surface area (TPSA) is 40.0 Å². The lowest BCUT2D eigenvalue weighted by atomic mass is 10.2. The third-order valence-corrected chi connectivity index (χ3v) is 3.36. The van der Waals surface area contributed by atoms with Gasteiger partial charge in [-0.25, -0.2) is 0 Å². The van der Waals surface area contributed by atoms with Crippen LogP contribution in [0.4, 0.5) is 0 Å². The van der Waals surface area contributed by atoms with Gasteiger partial charge in [0.05, 0.1) is 25.5 Å². The third-order valence-electron chi connectivity index (χ3n) is 3.08. The highest BCUT2D eigenvalue weighted by atomic mass is 35.5. The highest BCUT2D eigenvalue weighted by Crippen LogP contribution is 2.35. The largest absolute Gasteiger partial charge is 0.493 e. The minimum absolute atomic E-state index is 0.414. The van der Waals surface area contributed by atoms with Crippen molar-refractivity contribution in [2.45, 2.75) is 13.5 Å². The summed E-state index contributed by atoms with van der Waals surface area (Å²) in [7, 11) is 3.10. The average Bonchev–Trinajstić information content (AvgIpc) is 2.52. The molecule has 0 amide bonds. The van der Waals surface area contributed by atoms with E-state index < -0.39 is 0 Å². The Hall–Kier alpha value is -2.20. The fourth-order valence-corrected chi connectivity index (χ4v) is 2.20. The number of ether oxygens (including phenoxy) is 2. The highest BCUT2D eigenvalue weighted by Gasteiger charge is 2.09. The summed E-state index contributed by atoms with van der Waals surface area (Å²) in [6, 6.07) is 11.6. The number of aryl methyl sites for hydroxylation is 1. The van der Waals surface area contributed by atoms with E-state index in [-0.39, 0.29) is 0 Å². The van der Waals surface area contributed by atoms with E-state index in [1.807, 2.05) is 31.2 Å². The molecule has 0 heterocycles. The number of oxime groups is 1. The van der Waals surface area contributed by atoms with Gasteiger partial charge in [0.2, 0.25) is 0 Å². The first-order chi connectivity index (χ1) is 10.6. The molecule has 0 spiro atoms. The smallest absolute Gasteiger partial charge is 0.179 e. The van der Waals surface area contributed by atoms with Gasteiger partial charge in [0.25, 0.3) is 0 Å². The first-order valence-corrected chi connectivity index (χ1v) is 7.14. The van der Waals surface area contributed by atoms with Gasteiger partial charge >= 0.3 is 0 Å². The number of methoxy groups -OCH3 is 2. The van der Waals surface area contributed by atoms with Gasteiger partial charge in [-0.05, 0) is 24.6 Å². The zero-order valence-corrected chi connectivity index (χ0v) is 13.6. The summed E-state index contributed by atoms with van der Waals surface area (Å²) in [5, 5.41) is 4.41. The van der Waals surface area contributed by atoms with Crippen LogP contribution in [0.1, 0.15) is 16.7 Å². The molecule has 2 rings (SSSR count). The van der Waals surface area contributed by atoms with Crippen molar-refractivity contribution in [2.24, 2.45) is 5.16 Å². The van der Waals surface area contributed by atoms with E-state index in [4.69, 9.17) is 25.9 Å². The average molecular weight is 320 g/mol. The van der Waals surface area contributed by atoms with Crippen LogP contribution in [0.3, 0.4) is 0 Å². The summed E-state index contributed by atoms with van der Waals surface area (Å²) in [5.41, 5.74) is 3.05. The van der Waals surface area contributed by atoms with Crippen LogP contribution in [0.25, 0.3) is 0 Å². The van der Waals surface area contributed by atoms with Crippen molar-refractivity contribution in [2.75, 3.05) is 14.2 Å². The molecule has 0 aliphatic rings. The molecule has 0 aliphatic carbocycles. The molecule has 0 unspecified atom stereocenters. The SMILES string of the molecule is COc1cc(/C=N/OCc2ccc(C)cc2)cc(Cl)c1OC. The van der Waals surface area contributed by atoms with Gasteiger partial charge in [-0.15, -0.1) is 0 Å². The molecule has 0 saturated heterocycles. The molecule has 0 aromatic heterocycles. The van der Waals surface area contributed by atoms with Gasteiger partial charge in [0.15, 0.2) is 11.5 Å². The van der Waals surface area contributed by atoms with Crippen molar-refractivity contribution >= 4 is 17.8 Å². The van der Waals surface area contributed by atoms with Gasteiger partial charge in [0, 0.05) is 5.56 Å². The van der Waals surface area contributed by atoms with Gasteiger partial charge in [0.1, 0.15) is 6.61 Å². The zero-order valence-electron chi connectivity index (χ0n) is 12.8. The van der Waals surface area contributed by atoms with Crippen LogP contribution in [0.2, 0.25) is 5.02 Å². The van der Waals surface area contributed by atoms with Crippen LogP contribution in [-0.4, -0.2) is 20.4 Å². The van der Waals surface area contributed by atoms with Gasteiger partial charge in [-0.1, -0.05) is 46.6 Å². The molecule has 0 saturated carbocycles. The summed E-state index contributed by atoms with van der Waals surface area (Å²) in [6.45, 7) is 2.46. The fraction of sp³-hybridized carbons (Fsp3) is 0.235. The highest BCUT2D eigenvalue weighted by molar-refractivity contribution is 6.32. The van der Waals surface area contributed by atoms with Crippen LogP contribution in [0, 0.1) is 6.92 Å². The van der Waals surface area contributed by atoms with Crippen LogP contribution in [-0.2, 0) is 11.4 Å². The molecule has 116 valence electrons. The lowest BCUT2D eigenvalue weighted by Crippen LogP contribution is -1.94. The minimum Gasteiger partial charge on any atom is -0.493 e. The first-order valence-electron chi connectivity index (χ1n) is 6.76. The van der Waals surface area contributed by atoms with E-state index in [9.17, 15) is 0 Å². The van der Waals surface area contributed by atoms with Crippen molar-refractivity contribution in [3.63, 3.8) is 0 Å². The Balaban J connectivity index is 2.01. The maximum atomic E-state index is 6.13. The van der Waals surface area contributed by atoms with E-state index in [0.29, 0.717) is 23.1 Å². The van der Waals surface area contributed by atoms with Crippen LogP contribution in [0.5, 0.6) is 11.5 Å². The van der Waals surface area contributed by atoms with Gasteiger partial charge in [-0.3, -0.25) is 0 Å². The van der Waals surface area contributed by atoms with E-state index in [2.05, 4.69) is 5.16 Å². The minimum atomic E-state index is 0.414. The monoisotopic (exact) mass is 319 g/mol. The Morgan fingerprint density at radius 1 is 1.09 bits per heavy atom. The van der Waals surface area contributed by atoms with Crippen LogP contribution < -0.4 is 9.47 Å². The Morgan fingerprint density at radius 2 is 1.82 bits per heavy atom. The van der Waals surface area contributed by atoms with Crippen LogP contribution in [0.15, 0.2) is 41.6 Å². The molecule has 0 aliphatic heterocycles. The second-order valence-electron chi connectivity index (χ2n) is 4.73. The Morgan fingerprint density at radius 3 is 2.45 bits per heavy atom. The second kappa shape index (κ2) is 7.71. The molecule has 22 heavy (non-hydrogen) atoms. The maximum absolute atomic E-state index is 6.13. The Labute approximate surface area is 135 Å². The number of rotatable bonds is 6. The van der Waals surface area contributed by atoms with Gasteiger partial charge < -0.3 is 14.3 Å². The summed E-state index contributed by atoms with van der Waals surface area (Å²) in [6.07, 6.45) is 1.59.